The Labute approximate surface area is 148 Å². The number of rotatable bonds is 4. The highest BCUT2D eigenvalue weighted by Gasteiger charge is 2.26. The third kappa shape index (κ3) is 3.94. The van der Waals surface area contributed by atoms with Gasteiger partial charge in [-0.2, -0.15) is 0 Å². The SMILES string of the molecule is COc1cccc(C(=O)N2CCOC(c3ccc(N(C)C)cc3)C2)c1. The van der Waals surface area contributed by atoms with Crippen molar-refractivity contribution >= 4 is 11.6 Å². The number of amides is 1. The maximum absolute atomic E-state index is 12.8. The van der Waals surface area contributed by atoms with Crippen molar-refractivity contribution in [1.82, 2.24) is 4.90 Å². The molecular weight excluding hydrogens is 316 g/mol. The van der Waals surface area contributed by atoms with Crippen LogP contribution in [0.3, 0.4) is 0 Å². The molecule has 1 fully saturated rings. The molecule has 2 aromatic carbocycles. The van der Waals surface area contributed by atoms with Crippen molar-refractivity contribution in [2.45, 2.75) is 6.10 Å². The highest BCUT2D eigenvalue weighted by atomic mass is 16.5. The molecule has 1 atom stereocenters. The van der Waals surface area contributed by atoms with Crippen LogP contribution in [0.5, 0.6) is 5.75 Å². The second kappa shape index (κ2) is 7.57. The lowest BCUT2D eigenvalue weighted by Crippen LogP contribution is -2.42. The van der Waals surface area contributed by atoms with E-state index in [0.717, 1.165) is 11.3 Å². The molecule has 1 unspecified atom stereocenters. The van der Waals surface area contributed by atoms with Crippen LogP contribution in [0.2, 0.25) is 0 Å². The van der Waals surface area contributed by atoms with E-state index in [-0.39, 0.29) is 12.0 Å². The van der Waals surface area contributed by atoms with Crippen LogP contribution in [0.4, 0.5) is 5.69 Å². The van der Waals surface area contributed by atoms with E-state index >= 15 is 0 Å². The monoisotopic (exact) mass is 340 g/mol. The van der Waals surface area contributed by atoms with Gasteiger partial charge in [-0.1, -0.05) is 18.2 Å². The zero-order valence-corrected chi connectivity index (χ0v) is 14.9. The van der Waals surface area contributed by atoms with Crippen molar-refractivity contribution in [3.05, 3.63) is 59.7 Å². The number of morpholine rings is 1. The third-order valence-electron chi connectivity index (χ3n) is 4.45. The first-order valence-corrected chi connectivity index (χ1v) is 8.40. The predicted octanol–water partition coefficient (Wildman–Crippen LogP) is 2.97. The molecule has 1 saturated heterocycles. The van der Waals surface area contributed by atoms with Crippen LogP contribution in [-0.4, -0.2) is 51.7 Å². The molecule has 1 aliphatic heterocycles. The molecule has 25 heavy (non-hydrogen) atoms. The summed E-state index contributed by atoms with van der Waals surface area (Å²) in [5.74, 6) is 0.701. The van der Waals surface area contributed by atoms with Crippen LogP contribution in [0.25, 0.3) is 0 Å². The summed E-state index contributed by atoms with van der Waals surface area (Å²) >= 11 is 0. The van der Waals surface area contributed by atoms with Gasteiger partial charge in [0.05, 0.1) is 20.3 Å². The average molecular weight is 340 g/mol. The van der Waals surface area contributed by atoms with Gasteiger partial charge in [0.2, 0.25) is 0 Å². The topological polar surface area (TPSA) is 42.0 Å². The Morgan fingerprint density at radius 2 is 1.96 bits per heavy atom. The fourth-order valence-corrected chi connectivity index (χ4v) is 2.96. The summed E-state index contributed by atoms with van der Waals surface area (Å²) in [6.07, 6.45) is -0.0977. The molecule has 0 saturated carbocycles. The van der Waals surface area contributed by atoms with Gasteiger partial charge in [0.1, 0.15) is 11.9 Å². The van der Waals surface area contributed by atoms with E-state index in [1.54, 1.807) is 13.2 Å². The number of nitrogens with zero attached hydrogens (tertiary/aromatic N) is 2. The Hall–Kier alpha value is -2.53. The molecule has 0 spiro atoms. The van der Waals surface area contributed by atoms with Gasteiger partial charge < -0.3 is 19.3 Å². The molecule has 5 heteroatoms. The van der Waals surface area contributed by atoms with Gasteiger partial charge in [-0.3, -0.25) is 4.79 Å². The van der Waals surface area contributed by atoms with E-state index in [0.29, 0.717) is 31.0 Å². The molecular formula is C20H24N2O3. The molecule has 5 nitrogen and oxygen atoms in total. The molecule has 0 aromatic heterocycles. The van der Waals surface area contributed by atoms with Gasteiger partial charge in [0, 0.05) is 31.9 Å². The van der Waals surface area contributed by atoms with E-state index in [4.69, 9.17) is 9.47 Å². The van der Waals surface area contributed by atoms with E-state index in [1.807, 2.05) is 37.2 Å². The first-order chi connectivity index (χ1) is 12.1. The summed E-state index contributed by atoms with van der Waals surface area (Å²) in [7, 11) is 5.63. The summed E-state index contributed by atoms with van der Waals surface area (Å²) in [5.41, 5.74) is 2.88. The van der Waals surface area contributed by atoms with Crippen LogP contribution >= 0.6 is 0 Å². The second-order valence-electron chi connectivity index (χ2n) is 6.33. The van der Waals surface area contributed by atoms with Crippen LogP contribution < -0.4 is 9.64 Å². The van der Waals surface area contributed by atoms with E-state index in [2.05, 4.69) is 29.2 Å². The van der Waals surface area contributed by atoms with Crippen molar-refractivity contribution < 1.29 is 14.3 Å². The van der Waals surface area contributed by atoms with Crippen LogP contribution in [0, 0.1) is 0 Å². The fraction of sp³-hybridized carbons (Fsp3) is 0.350. The largest absolute Gasteiger partial charge is 0.497 e. The molecule has 1 aliphatic rings. The Balaban J connectivity index is 1.73. The van der Waals surface area contributed by atoms with Crippen molar-refractivity contribution in [2.75, 3.05) is 45.8 Å². The quantitative estimate of drug-likeness (QED) is 0.858. The number of benzene rings is 2. The number of methoxy groups -OCH3 is 1. The molecule has 3 rings (SSSR count). The summed E-state index contributed by atoms with van der Waals surface area (Å²) < 4.78 is 11.1. The fourth-order valence-electron chi connectivity index (χ4n) is 2.96. The zero-order chi connectivity index (χ0) is 17.8. The Morgan fingerprint density at radius 1 is 1.20 bits per heavy atom. The Kier molecular flexibility index (Phi) is 5.24. The van der Waals surface area contributed by atoms with Crippen LogP contribution in [-0.2, 0) is 4.74 Å². The first-order valence-electron chi connectivity index (χ1n) is 8.40. The number of anilines is 1. The second-order valence-corrected chi connectivity index (χ2v) is 6.33. The molecule has 0 radical (unpaired) electrons. The van der Waals surface area contributed by atoms with Gasteiger partial charge >= 0.3 is 0 Å². The summed E-state index contributed by atoms with van der Waals surface area (Å²) in [4.78, 5) is 16.7. The lowest BCUT2D eigenvalue weighted by molar-refractivity contribution is -0.0228. The van der Waals surface area contributed by atoms with Crippen LogP contribution in [0.15, 0.2) is 48.5 Å². The molecule has 0 bridgehead atoms. The standard InChI is InChI=1S/C20H24N2O3/c1-21(2)17-9-7-15(8-10-17)19-14-22(11-12-25-19)20(23)16-5-4-6-18(13-16)24-3/h4-10,13,19H,11-12,14H2,1-3H3. The van der Waals surface area contributed by atoms with E-state index < -0.39 is 0 Å². The lowest BCUT2D eigenvalue weighted by Gasteiger charge is -2.33. The number of hydrogen-bond acceptors (Lipinski definition) is 4. The molecule has 1 amide bonds. The molecule has 2 aromatic rings. The molecule has 0 N–H and O–H groups in total. The van der Waals surface area contributed by atoms with Gasteiger partial charge in [-0.05, 0) is 35.9 Å². The average Bonchev–Trinajstić information content (AvgIpc) is 2.67. The smallest absolute Gasteiger partial charge is 0.254 e. The van der Waals surface area contributed by atoms with Gasteiger partial charge in [-0.15, -0.1) is 0 Å². The Bertz CT molecular complexity index is 728. The molecule has 132 valence electrons. The maximum Gasteiger partial charge on any atom is 0.254 e. The van der Waals surface area contributed by atoms with Crippen molar-refractivity contribution in [1.29, 1.82) is 0 Å². The molecule has 0 aliphatic carbocycles. The number of hydrogen-bond donors (Lipinski definition) is 0. The maximum atomic E-state index is 12.8. The van der Waals surface area contributed by atoms with Crippen molar-refractivity contribution in [3.63, 3.8) is 0 Å². The summed E-state index contributed by atoms with van der Waals surface area (Å²) in [6.45, 7) is 1.69. The first kappa shape index (κ1) is 17.3. The normalized spacial score (nSPS) is 17.2. The summed E-state index contributed by atoms with van der Waals surface area (Å²) in [5, 5.41) is 0. The van der Waals surface area contributed by atoms with Gasteiger partial charge in [-0.25, -0.2) is 0 Å². The van der Waals surface area contributed by atoms with Gasteiger partial charge in [0.15, 0.2) is 0 Å². The Morgan fingerprint density at radius 3 is 2.64 bits per heavy atom. The third-order valence-corrected chi connectivity index (χ3v) is 4.45. The van der Waals surface area contributed by atoms with Crippen molar-refractivity contribution in [2.24, 2.45) is 0 Å². The summed E-state index contributed by atoms with van der Waals surface area (Å²) in [6, 6.07) is 15.6. The number of carbonyl (C=O) groups is 1. The number of carbonyl (C=O) groups excluding carboxylic acids is 1. The molecule has 1 heterocycles. The predicted molar refractivity (Wildman–Crippen MR) is 98.4 cm³/mol. The van der Waals surface area contributed by atoms with Crippen LogP contribution in [0.1, 0.15) is 22.0 Å². The minimum atomic E-state index is -0.0977. The van der Waals surface area contributed by atoms with E-state index in [9.17, 15) is 4.79 Å². The van der Waals surface area contributed by atoms with Gasteiger partial charge in [0.25, 0.3) is 5.91 Å². The highest BCUT2D eigenvalue weighted by molar-refractivity contribution is 5.94. The minimum absolute atomic E-state index is 0.0112. The highest BCUT2D eigenvalue weighted by Crippen LogP contribution is 2.25. The number of ether oxygens (including phenoxy) is 2. The van der Waals surface area contributed by atoms with Crippen molar-refractivity contribution in [3.8, 4) is 5.75 Å². The van der Waals surface area contributed by atoms with E-state index in [1.165, 1.54) is 0 Å². The minimum Gasteiger partial charge on any atom is -0.497 e. The lowest BCUT2D eigenvalue weighted by atomic mass is 10.1. The zero-order valence-electron chi connectivity index (χ0n) is 14.9.